The van der Waals surface area contributed by atoms with Gasteiger partial charge in [-0.1, -0.05) is 0 Å². The first-order chi connectivity index (χ1) is 7.24. The van der Waals surface area contributed by atoms with Crippen molar-refractivity contribution in [1.29, 1.82) is 0 Å². The Morgan fingerprint density at radius 3 is 2.93 bits per heavy atom. The second kappa shape index (κ2) is 4.14. The molecule has 0 saturated heterocycles. The topological polar surface area (TPSA) is 89.9 Å². The van der Waals surface area contributed by atoms with Gasteiger partial charge in [0.25, 0.3) is 0 Å². The van der Waals surface area contributed by atoms with Crippen molar-refractivity contribution >= 4 is 23.5 Å². The molecular formula is C8H8ClN5O. The zero-order valence-electron chi connectivity index (χ0n) is 7.64. The van der Waals surface area contributed by atoms with Gasteiger partial charge in [0, 0.05) is 0 Å². The predicted octanol–water partition coefficient (Wildman–Crippen LogP) is 1.31. The van der Waals surface area contributed by atoms with Crippen LogP contribution < -0.4 is 11.1 Å². The Balaban J connectivity index is 2.05. The molecule has 2 heterocycles. The third-order valence-electron chi connectivity index (χ3n) is 1.63. The number of hydrogen-bond acceptors (Lipinski definition) is 6. The predicted molar refractivity (Wildman–Crippen MR) is 55.3 cm³/mol. The molecule has 2 rings (SSSR count). The van der Waals surface area contributed by atoms with Gasteiger partial charge in [0.2, 0.25) is 17.2 Å². The number of nitrogens with zero attached hydrogens (tertiary/aromatic N) is 3. The van der Waals surface area contributed by atoms with Crippen molar-refractivity contribution < 1.29 is 4.42 Å². The second-order valence-electron chi connectivity index (χ2n) is 2.72. The molecule has 0 aliphatic rings. The van der Waals surface area contributed by atoms with E-state index in [0.717, 1.165) is 5.76 Å². The lowest BCUT2D eigenvalue weighted by atomic mass is 10.4. The molecule has 0 radical (unpaired) electrons. The largest absolute Gasteiger partial charge is 0.467 e. The monoisotopic (exact) mass is 225 g/mol. The summed E-state index contributed by atoms with van der Waals surface area (Å²) in [7, 11) is 0. The lowest BCUT2D eigenvalue weighted by Crippen LogP contribution is -2.06. The van der Waals surface area contributed by atoms with Crippen molar-refractivity contribution in [1.82, 2.24) is 15.0 Å². The smallest absolute Gasteiger partial charge is 0.229 e. The highest BCUT2D eigenvalue weighted by Gasteiger charge is 2.02. The Morgan fingerprint density at radius 1 is 1.40 bits per heavy atom. The molecule has 0 aromatic carbocycles. The lowest BCUT2D eigenvalue weighted by molar-refractivity contribution is 0.517. The van der Waals surface area contributed by atoms with E-state index in [4.69, 9.17) is 21.8 Å². The van der Waals surface area contributed by atoms with E-state index in [9.17, 15) is 0 Å². The zero-order valence-corrected chi connectivity index (χ0v) is 8.40. The molecule has 7 heteroatoms. The number of anilines is 2. The van der Waals surface area contributed by atoms with Gasteiger partial charge in [-0.15, -0.1) is 0 Å². The Kier molecular flexibility index (Phi) is 2.68. The van der Waals surface area contributed by atoms with Crippen LogP contribution in [-0.4, -0.2) is 15.0 Å². The summed E-state index contributed by atoms with van der Waals surface area (Å²) < 4.78 is 5.12. The van der Waals surface area contributed by atoms with Crippen LogP contribution in [0.1, 0.15) is 5.76 Å². The van der Waals surface area contributed by atoms with Crippen LogP contribution in [0.15, 0.2) is 22.8 Å². The fourth-order valence-corrected chi connectivity index (χ4v) is 1.19. The maximum absolute atomic E-state index is 5.61. The molecule has 0 fully saturated rings. The quantitative estimate of drug-likeness (QED) is 0.819. The number of rotatable bonds is 3. The van der Waals surface area contributed by atoms with Gasteiger partial charge in [-0.25, -0.2) is 0 Å². The van der Waals surface area contributed by atoms with E-state index in [1.165, 1.54) is 0 Å². The maximum atomic E-state index is 5.61. The first-order valence-electron chi connectivity index (χ1n) is 4.17. The number of halogens is 1. The van der Waals surface area contributed by atoms with E-state index < -0.39 is 0 Å². The number of aromatic nitrogens is 3. The van der Waals surface area contributed by atoms with E-state index in [0.29, 0.717) is 12.5 Å². The van der Waals surface area contributed by atoms with Gasteiger partial charge in [-0.3, -0.25) is 0 Å². The Morgan fingerprint density at radius 2 is 2.27 bits per heavy atom. The summed E-state index contributed by atoms with van der Waals surface area (Å²) in [6.45, 7) is 0.465. The standard InChI is InChI=1S/C8H8ClN5O/c9-6-12-7(10)14-8(13-6)11-4-5-2-1-3-15-5/h1-3H,4H2,(H3,10,11,12,13,14). The van der Waals surface area contributed by atoms with Gasteiger partial charge >= 0.3 is 0 Å². The van der Waals surface area contributed by atoms with Gasteiger partial charge in [-0.05, 0) is 23.7 Å². The molecule has 0 spiro atoms. The molecule has 0 unspecified atom stereocenters. The van der Waals surface area contributed by atoms with Crippen LogP contribution in [0.3, 0.4) is 0 Å². The lowest BCUT2D eigenvalue weighted by Gasteiger charge is -2.02. The van der Waals surface area contributed by atoms with E-state index >= 15 is 0 Å². The highest BCUT2D eigenvalue weighted by Crippen LogP contribution is 2.08. The maximum Gasteiger partial charge on any atom is 0.229 e. The Hall–Kier alpha value is -1.82. The first kappa shape index (κ1) is 9.72. The second-order valence-corrected chi connectivity index (χ2v) is 3.06. The summed E-state index contributed by atoms with van der Waals surface area (Å²) in [6, 6.07) is 3.63. The summed E-state index contributed by atoms with van der Waals surface area (Å²) in [5.41, 5.74) is 5.40. The van der Waals surface area contributed by atoms with Gasteiger partial charge in [0.05, 0.1) is 12.8 Å². The van der Waals surface area contributed by atoms with Gasteiger partial charge in [0.15, 0.2) is 0 Å². The molecule has 78 valence electrons. The van der Waals surface area contributed by atoms with Crippen molar-refractivity contribution in [3.05, 3.63) is 29.4 Å². The van der Waals surface area contributed by atoms with Crippen LogP contribution in [0.2, 0.25) is 5.28 Å². The number of nitrogens with two attached hydrogens (primary N) is 1. The Bertz CT molecular complexity index is 424. The molecule has 0 aliphatic heterocycles. The third-order valence-corrected chi connectivity index (χ3v) is 1.80. The van der Waals surface area contributed by atoms with Crippen LogP contribution in [0.5, 0.6) is 0 Å². The fraction of sp³-hybridized carbons (Fsp3) is 0.125. The van der Waals surface area contributed by atoms with Crippen LogP contribution in [-0.2, 0) is 6.54 Å². The normalized spacial score (nSPS) is 10.2. The minimum atomic E-state index is 0.0597. The highest BCUT2D eigenvalue weighted by atomic mass is 35.5. The van der Waals surface area contributed by atoms with Crippen molar-refractivity contribution in [2.24, 2.45) is 0 Å². The van der Waals surface area contributed by atoms with Crippen LogP contribution in [0.25, 0.3) is 0 Å². The molecular weight excluding hydrogens is 218 g/mol. The summed E-state index contributed by atoms with van der Waals surface area (Å²) in [5, 5.41) is 2.97. The van der Waals surface area contributed by atoms with Crippen molar-refractivity contribution in [3.63, 3.8) is 0 Å². The molecule has 0 amide bonds. The van der Waals surface area contributed by atoms with Gasteiger partial charge in [-0.2, -0.15) is 15.0 Å². The third kappa shape index (κ3) is 2.57. The summed E-state index contributed by atoms with van der Waals surface area (Å²) >= 11 is 5.61. The summed E-state index contributed by atoms with van der Waals surface area (Å²) in [4.78, 5) is 11.3. The van der Waals surface area contributed by atoms with Crippen molar-refractivity contribution in [2.75, 3.05) is 11.1 Å². The van der Waals surface area contributed by atoms with Crippen LogP contribution in [0, 0.1) is 0 Å². The molecule has 15 heavy (non-hydrogen) atoms. The number of nitrogens with one attached hydrogen (secondary N) is 1. The summed E-state index contributed by atoms with van der Waals surface area (Å²) in [6.07, 6.45) is 1.59. The van der Waals surface area contributed by atoms with Crippen molar-refractivity contribution in [3.8, 4) is 0 Å². The van der Waals surface area contributed by atoms with E-state index in [2.05, 4.69) is 20.3 Å². The van der Waals surface area contributed by atoms with Crippen LogP contribution >= 0.6 is 11.6 Å². The molecule has 3 N–H and O–H groups in total. The van der Waals surface area contributed by atoms with Crippen molar-refractivity contribution in [2.45, 2.75) is 6.54 Å². The average Bonchev–Trinajstić information content (AvgIpc) is 2.65. The minimum Gasteiger partial charge on any atom is -0.467 e. The molecule has 0 bridgehead atoms. The van der Waals surface area contributed by atoms with E-state index in [-0.39, 0.29) is 11.2 Å². The van der Waals surface area contributed by atoms with Crippen LogP contribution in [0.4, 0.5) is 11.9 Å². The molecule has 0 aliphatic carbocycles. The zero-order chi connectivity index (χ0) is 10.7. The molecule has 6 nitrogen and oxygen atoms in total. The van der Waals surface area contributed by atoms with Gasteiger partial charge in [0.1, 0.15) is 5.76 Å². The number of nitrogen functional groups attached to an aromatic ring is 1. The van der Waals surface area contributed by atoms with E-state index in [1.54, 1.807) is 12.3 Å². The molecule has 2 aromatic rings. The molecule has 0 saturated carbocycles. The average molecular weight is 226 g/mol. The first-order valence-corrected chi connectivity index (χ1v) is 4.55. The molecule has 2 aromatic heterocycles. The highest BCUT2D eigenvalue weighted by molar-refractivity contribution is 6.28. The van der Waals surface area contributed by atoms with Gasteiger partial charge < -0.3 is 15.5 Å². The Labute approximate surface area is 90.5 Å². The minimum absolute atomic E-state index is 0.0597. The SMILES string of the molecule is Nc1nc(Cl)nc(NCc2ccco2)n1. The molecule has 0 atom stereocenters. The summed E-state index contributed by atoms with van der Waals surface area (Å²) in [5.74, 6) is 1.17. The number of furan rings is 1. The van der Waals surface area contributed by atoms with E-state index in [1.807, 2.05) is 6.07 Å². The number of hydrogen-bond donors (Lipinski definition) is 2. The fourth-order valence-electron chi connectivity index (χ4n) is 1.02.